The molecular formula is C21H20ClNO6S. The molecule has 0 atom stereocenters. The molecule has 0 saturated carbocycles. The summed E-state index contributed by atoms with van der Waals surface area (Å²) in [5.41, 5.74) is 0.857. The third-order valence-corrected chi connectivity index (χ3v) is 5.23. The zero-order valence-electron chi connectivity index (χ0n) is 16.4. The normalized spacial score (nSPS) is 11.1. The number of esters is 1. The summed E-state index contributed by atoms with van der Waals surface area (Å²) in [4.78, 5) is 41.3. The van der Waals surface area contributed by atoms with E-state index in [2.05, 4.69) is 9.99 Å². The van der Waals surface area contributed by atoms with Gasteiger partial charge in [-0.3, -0.25) is 4.79 Å². The number of halogens is 1. The van der Waals surface area contributed by atoms with Crippen molar-refractivity contribution in [1.29, 1.82) is 0 Å². The lowest BCUT2D eigenvalue weighted by molar-refractivity contribution is -0.140. The van der Waals surface area contributed by atoms with Crippen molar-refractivity contribution >= 4 is 46.8 Å². The maximum atomic E-state index is 12.5. The van der Waals surface area contributed by atoms with Gasteiger partial charge in [-0.2, -0.15) is 0 Å². The van der Waals surface area contributed by atoms with E-state index in [-0.39, 0.29) is 30.3 Å². The maximum absolute atomic E-state index is 12.5. The van der Waals surface area contributed by atoms with E-state index in [4.69, 9.17) is 21.4 Å². The highest BCUT2D eigenvalue weighted by Gasteiger charge is 2.15. The summed E-state index contributed by atoms with van der Waals surface area (Å²) in [6.45, 7) is 2.63. The molecule has 0 saturated heterocycles. The Balaban J connectivity index is 2.10. The number of Topliss-reactive ketones (excluding diaryl/α,β-unsaturated/α-hetero) is 1. The molecule has 2 rings (SSSR count). The molecule has 1 N–H and O–H groups in total. The molecule has 9 heteroatoms. The van der Waals surface area contributed by atoms with Gasteiger partial charge in [-0.1, -0.05) is 35.4 Å². The van der Waals surface area contributed by atoms with Gasteiger partial charge in [-0.05, 0) is 48.9 Å². The average molecular weight is 450 g/mol. The topological polar surface area (TPSA) is 102 Å². The number of oxime groups is 1. The number of carbonyl (C=O) groups is 3. The molecule has 0 aromatic heterocycles. The van der Waals surface area contributed by atoms with Crippen LogP contribution in [0.4, 0.5) is 0 Å². The van der Waals surface area contributed by atoms with E-state index in [1.807, 2.05) is 0 Å². The second-order valence-electron chi connectivity index (χ2n) is 5.93. The number of benzene rings is 2. The molecule has 0 spiro atoms. The Bertz CT molecular complexity index is 958. The Morgan fingerprint density at radius 2 is 1.77 bits per heavy atom. The van der Waals surface area contributed by atoms with Crippen LogP contribution in [0.15, 0.2) is 57.4 Å². The SMILES string of the molecule is CC/C(=N\OC(C)=O)C(=O)c1ccc(Sc2ccc(C(=O)OCCO)cc2Cl)cc1. The Hall–Kier alpha value is -2.68. The van der Waals surface area contributed by atoms with Gasteiger partial charge in [0.05, 0.1) is 17.2 Å². The molecule has 0 aliphatic rings. The number of aliphatic hydroxyl groups is 1. The van der Waals surface area contributed by atoms with Crippen molar-refractivity contribution in [3.63, 3.8) is 0 Å². The molecule has 2 aromatic carbocycles. The first kappa shape index (κ1) is 23.6. The molecule has 0 aliphatic carbocycles. The van der Waals surface area contributed by atoms with Crippen molar-refractivity contribution in [3.05, 3.63) is 58.6 Å². The lowest BCUT2D eigenvalue weighted by Gasteiger charge is -2.08. The number of nitrogens with zero attached hydrogens (tertiary/aromatic N) is 1. The average Bonchev–Trinajstić information content (AvgIpc) is 2.74. The fraction of sp³-hybridized carbons (Fsp3) is 0.238. The van der Waals surface area contributed by atoms with Crippen LogP contribution in [0.5, 0.6) is 0 Å². The molecule has 30 heavy (non-hydrogen) atoms. The number of hydrogen-bond donors (Lipinski definition) is 1. The van der Waals surface area contributed by atoms with Gasteiger partial charge in [-0.15, -0.1) is 0 Å². The van der Waals surface area contributed by atoms with Crippen molar-refractivity contribution < 1.29 is 29.1 Å². The number of hydrogen-bond acceptors (Lipinski definition) is 8. The number of ether oxygens (including phenoxy) is 1. The summed E-state index contributed by atoms with van der Waals surface area (Å²) >= 11 is 7.64. The molecule has 0 unspecified atom stereocenters. The van der Waals surface area contributed by atoms with E-state index in [0.717, 1.165) is 9.79 Å². The van der Waals surface area contributed by atoms with E-state index < -0.39 is 11.9 Å². The van der Waals surface area contributed by atoms with E-state index in [0.29, 0.717) is 17.0 Å². The predicted octanol–water partition coefficient (Wildman–Crippen LogP) is 4.15. The fourth-order valence-electron chi connectivity index (χ4n) is 2.29. The summed E-state index contributed by atoms with van der Waals surface area (Å²) in [7, 11) is 0. The van der Waals surface area contributed by atoms with Crippen molar-refractivity contribution in [2.45, 2.75) is 30.1 Å². The molecule has 0 heterocycles. The molecule has 7 nitrogen and oxygen atoms in total. The molecule has 0 bridgehead atoms. The minimum atomic E-state index is -0.593. The van der Waals surface area contributed by atoms with Gasteiger partial charge in [0, 0.05) is 22.3 Å². The van der Waals surface area contributed by atoms with Crippen molar-refractivity contribution in [2.75, 3.05) is 13.2 Å². The van der Waals surface area contributed by atoms with Gasteiger partial charge >= 0.3 is 11.9 Å². The monoisotopic (exact) mass is 449 g/mol. The standard InChI is InChI=1S/C21H20ClNO6S/c1-3-18(23-29-13(2)25)20(26)14-4-7-16(8-5-14)30-19-9-6-15(12-17(19)22)21(27)28-11-10-24/h4-9,12,24H,3,10-11H2,1-2H3/b23-18+. The number of rotatable bonds is 9. The van der Waals surface area contributed by atoms with E-state index >= 15 is 0 Å². The van der Waals surface area contributed by atoms with Gasteiger partial charge < -0.3 is 14.7 Å². The highest BCUT2D eigenvalue weighted by Crippen LogP contribution is 2.34. The highest BCUT2D eigenvalue weighted by molar-refractivity contribution is 7.99. The van der Waals surface area contributed by atoms with Gasteiger partial charge in [0.15, 0.2) is 0 Å². The van der Waals surface area contributed by atoms with Crippen LogP contribution < -0.4 is 0 Å². The van der Waals surface area contributed by atoms with Crippen LogP contribution in [-0.2, 0) is 14.4 Å². The Labute approximate surface area is 183 Å². The van der Waals surface area contributed by atoms with Crippen LogP contribution in [0, 0.1) is 0 Å². The molecule has 0 aliphatic heterocycles. The summed E-state index contributed by atoms with van der Waals surface area (Å²) < 4.78 is 4.86. The molecule has 0 fully saturated rings. The molecule has 158 valence electrons. The fourth-order valence-corrected chi connectivity index (χ4v) is 3.40. The minimum absolute atomic E-state index is 0.0800. The molecule has 0 amide bonds. The van der Waals surface area contributed by atoms with Crippen LogP contribution in [-0.4, -0.2) is 41.8 Å². The van der Waals surface area contributed by atoms with Gasteiger partial charge in [0.25, 0.3) is 0 Å². The Morgan fingerprint density at radius 1 is 1.10 bits per heavy atom. The zero-order chi connectivity index (χ0) is 22.1. The summed E-state index contributed by atoms with van der Waals surface area (Å²) in [5, 5.41) is 12.7. The predicted molar refractivity (Wildman–Crippen MR) is 113 cm³/mol. The van der Waals surface area contributed by atoms with Crippen LogP contribution in [0.3, 0.4) is 0 Å². The summed E-state index contributed by atoms with van der Waals surface area (Å²) in [6, 6.07) is 11.6. The molecular weight excluding hydrogens is 430 g/mol. The van der Waals surface area contributed by atoms with Crippen molar-refractivity contribution in [3.8, 4) is 0 Å². The largest absolute Gasteiger partial charge is 0.460 e. The van der Waals surface area contributed by atoms with Gasteiger partial charge in [0.2, 0.25) is 5.78 Å². The Morgan fingerprint density at radius 3 is 2.33 bits per heavy atom. The Kier molecular flexibility index (Phi) is 9.04. The van der Waals surface area contributed by atoms with Crippen LogP contribution in [0.2, 0.25) is 5.02 Å². The number of ketones is 1. The van der Waals surface area contributed by atoms with Crippen molar-refractivity contribution in [2.24, 2.45) is 5.16 Å². The van der Waals surface area contributed by atoms with Crippen LogP contribution >= 0.6 is 23.4 Å². The highest BCUT2D eigenvalue weighted by atomic mass is 35.5. The lowest BCUT2D eigenvalue weighted by Crippen LogP contribution is -2.14. The van der Waals surface area contributed by atoms with Crippen molar-refractivity contribution in [1.82, 2.24) is 0 Å². The third-order valence-electron chi connectivity index (χ3n) is 3.72. The molecule has 2 aromatic rings. The number of carbonyl (C=O) groups excluding carboxylic acids is 3. The first-order valence-corrected chi connectivity index (χ1v) is 10.2. The number of aliphatic hydroxyl groups excluding tert-OH is 1. The quantitative estimate of drug-likeness (QED) is 0.201. The summed E-state index contributed by atoms with van der Waals surface area (Å²) in [6.07, 6.45) is 0.325. The second kappa shape index (κ2) is 11.5. The first-order valence-electron chi connectivity index (χ1n) is 9.00. The van der Waals surface area contributed by atoms with Gasteiger partial charge in [-0.25, -0.2) is 9.59 Å². The van der Waals surface area contributed by atoms with E-state index in [1.54, 1.807) is 43.3 Å². The van der Waals surface area contributed by atoms with Gasteiger partial charge in [0.1, 0.15) is 12.3 Å². The maximum Gasteiger partial charge on any atom is 0.338 e. The van der Waals surface area contributed by atoms with E-state index in [9.17, 15) is 14.4 Å². The second-order valence-corrected chi connectivity index (χ2v) is 7.46. The third kappa shape index (κ3) is 6.69. The smallest absolute Gasteiger partial charge is 0.338 e. The first-order chi connectivity index (χ1) is 14.3. The zero-order valence-corrected chi connectivity index (χ0v) is 18.0. The van der Waals surface area contributed by atoms with Crippen LogP contribution in [0.1, 0.15) is 41.0 Å². The lowest BCUT2D eigenvalue weighted by atomic mass is 10.1. The molecule has 0 radical (unpaired) electrons. The minimum Gasteiger partial charge on any atom is -0.460 e. The summed E-state index contributed by atoms with van der Waals surface area (Å²) in [5.74, 6) is -1.48. The van der Waals surface area contributed by atoms with E-state index in [1.165, 1.54) is 24.8 Å². The van der Waals surface area contributed by atoms with Crippen LogP contribution in [0.25, 0.3) is 0 Å².